The number of amides is 1. The SMILES string of the molecule is Cc1ccccc1NC(=O)/C=C/c1cc(Cl)c2c(c1)OCO2. The summed E-state index contributed by atoms with van der Waals surface area (Å²) in [4.78, 5) is 12.0. The van der Waals surface area contributed by atoms with Crippen LogP contribution >= 0.6 is 11.6 Å². The van der Waals surface area contributed by atoms with E-state index >= 15 is 0 Å². The molecule has 0 fully saturated rings. The average Bonchev–Trinajstić information content (AvgIpc) is 2.97. The van der Waals surface area contributed by atoms with Gasteiger partial charge in [0, 0.05) is 11.8 Å². The van der Waals surface area contributed by atoms with Gasteiger partial charge in [0.05, 0.1) is 5.02 Å². The molecule has 1 heterocycles. The summed E-state index contributed by atoms with van der Waals surface area (Å²) in [5.74, 6) is 0.928. The molecule has 0 radical (unpaired) electrons. The zero-order valence-corrected chi connectivity index (χ0v) is 12.7. The molecule has 112 valence electrons. The van der Waals surface area contributed by atoms with Crippen LogP contribution in [-0.4, -0.2) is 12.7 Å². The number of anilines is 1. The van der Waals surface area contributed by atoms with Crippen LogP contribution in [0.15, 0.2) is 42.5 Å². The Morgan fingerprint density at radius 3 is 2.91 bits per heavy atom. The molecule has 1 amide bonds. The third kappa shape index (κ3) is 3.07. The van der Waals surface area contributed by atoms with Crippen molar-refractivity contribution >= 4 is 29.3 Å². The minimum Gasteiger partial charge on any atom is -0.454 e. The quantitative estimate of drug-likeness (QED) is 0.870. The summed E-state index contributed by atoms with van der Waals surface area (Å²) in [6, 6.07) is 11.1. The predicted octanol–water partition coefficient (Wildman–Crippen LogP) is 4.03. The van der Waals surface area contributed by atoms with Crippen molar-refractivity contribution in [1.82, 2.24) is 0 Å². The monoisotopic (exact) mass is 315 g/mol. The van der Waals surface area contributed by atoms with Crippen LogP contribution in [-0.2, 0) is 4.79 Å². The number of para-hydroxylation sites is 1. The summed E-state index contributed by atoms with van der Waals surface area (Å²) in [6.07, 6.45) is 3.14. The lowest BCUT2D eigenvalue weighted by Crippen LogP contribution is -2.08. The third-order valence-electron chi connectivity index (χ3n) is 3.28. The van der Waals surface area contributed by atoms with Crippen molar-refractivity contribution in [2.75, 3.05) is 12.1 Å². The van der Waals surface area contributed by atoms with Crippen LogP contribution in [0.1, 0.15) is 11.1 Å². The van der Waals surface area contributed by atoms with E-state index in [0.717, 1.165) is 16.8 Å². The first-order valence-corrected chi connectivity index (χ1v) is 7.15. The van der Waals surface area contributed by atoms with Gasteiger partial charge < -0.3 is 14.8 Å². The average molecular weight is 316 g/mol. The van der Waals surface area contributed by atoms with Gasteiger partial charge in [-0.2, -0.15) is 0 Å². The number of ether oxygens (including phenoxy) is 2. The van der Waals surface area contributed by atoms with Crippen LogP contribution < -0.4 is 14.8 Å². The van der Waals surface area contributed by atoms with E-state index in [4.69, 9.17) is 21.1 Å². The second-order valence-electron chi connectivity index (χ2n) is 4.87. The maximum absolute atomic E-state index is 12.0. The molecule has 0 bridgehead atoms. The minimum atomic E-state index is -0.205. The molecule has 2 aromatic carbocycles. The first-order chi connectivity index (χ1) is 10.6. The van der Waals surface area contributed by atoms with Crippen LogP contribution in [0.25, 0.3) is 6.08 Å². The number of halogens is 1. The van der Waals surface area contributed by atoms with Gasteiger partial charge in [0.1, 0.15) is 0 Å². The van der Waals surface area contributed by atoms with Crippen LogP contribution in [0.5, 0.6) is 11.5 Å². The largest absolute Gasteiger partial charge is 0.454 e. The van der Waals surface area contributed by atoms with Gasteiger partial charge in [-0.25, -0.2) is 0 Å². The zero-order chi connectivity index (χ0) is 15.5. The molecule has 4 nitrogen and oxygen atoms in total. The Morgan fingerprint density at radius 2 is 2.09 bits per heavy atom. The van der Waals surface area contributed by atoms with Gasteiger partial charge in [-0.05, 0) is 42.3 Å². The Labute approximate surface area is 133 Å². The van der Waals surface area contributed by atoms with Crippen LogP contribution in [0.4, 0.5) is 5.69 Å². The van der Waals surface area contributed by atoms with Crippen molar-refractivity contribution in [3.05, 3.63) is 58.6 Å². The molecule has 0 spiro atoms. The minimum absolute atomic E-state index is 0.163. The highest BCUT2D eigenvalue weighted by atomic mass is 35.5. The van der Waals surface area contributed by atoms with Gasteiger partial charge in [-0.15, -0.1) is 0 Å². The number of hydrogen-bond donors (Lipinski definition) is 1. The van der Waals surface area contributed by atoms with E-state index in [9.17, 15) is 4.79 Å². The highest BCUT2D eigenvalue weighted by Crippen LogP contribution is 2.40. The lowest BCUT2D eigenvalue weighted by atomic mass is 10.1. The van der Waals surface area contributed by atoms with Crippen molar-refractivity contribution in [3.8, 4) is 11.5 Å². The van der Waals surface area contributed by atoms with Gasteiger partial charge >= 0.3 is 0 Å². The van der Waals surface area contributed by atoms with Gasteiger partial charge in [0.25, 0.3) is 0 Å². The topological polar surface area (TPSA) is 47.6 Å². The lowest BCUT2D eigenvalue weighted by Gasteiger charge is -2.05. The van der Waals surface area contributed by atoms with Gasteiger partial charge in [0.2, 0.25) is 12.7 Å². The number of hydrogen-bond acceptors (Lipinski definition) is 3. The maximum Gasteiger partial charge on any atom is 0.248 e. The van der Waals surface area contributed by atoms with Gasteiger partial charge in [0.15, 0.2) is 11.5 Å². The second-order valence-corrected chi connectivity index (χ2v) is 5.28. The Hall–Kier alpha value is -2.46. The summed E-state index contributed by atoms with van der Waals surface area (Å²) >= 11 is 6.10. The molecular weight excluding hydrogens is 302 g/mol. The number of carbonyl (C=O) groups is 1. The first-order valence-electron chi connectivity index (χ1n) is 6.77. The number of benzene rings is 2. The van der Waals surface area contributed by atoms with E-state index in [1.807, 2.05) is 31.2 Å². The molecule has 3 rings (SSSR count). The fraction of sp³-hybridized carbons (Fsp3) is 0.118. The van der Waals surface area contributed by atoms with E-state index < -0.39 is 0 Å². The smallest absolute Gasteiger partial charge is 0.248 e. The Kier molecular flexibility index (Phi) is 4.02. The number of carbonyl (C=O) groups excluding carboxylic acids is 1. The lowest BCUT2D eigenvalue weighted by molar-refractivity contribution is -0.111. The standard InChI is InChI=1S/C17H14ClNO3/c1-11-4-2-3-5-14(11)19-16(20)7-6-12-8-13(18)17-15(9-12)21-10-22-17/h2-9H,10H2,1H3,(H,19,20)/b7-6+. The number of aryl methyl sites for hydroxylation is 1. The Bertz CT molecular complexity index is 756. The normalized spacial score (nSPS) is 12.6. The summed E-state index contributed by atoms with van der Waals surface area (Å²) < 4.78 is 10.5. The first kappa shape index (κ1) is 14.5. The molecule has 0 aliphatic carbocycles. The molecule has 1 aliphatic rings. The molecule has 0 unspecified atom stereocenters. The number of rotatable bonds is 3. The molecule has 22 heavy (non-hydrogen) atoms. The van der Waals surface area contributed by atoms with E-state index in [1.54, 1.807) is 18.2 Å². The highest BCUT2D eigenvalue weighted by molar-refractivity contribution is 6.32. The third-order valence-corrected chi connectivity index (χ3v) is 3.56. The van der Waals surface area contributed by atoms with Gasteiger partial charge in [-0.3, -0.25) is 4.79 Å². The zero-order valence-electron chi connectivity index (χ0n) is 11.9. The van der Waals surface area contributed by atoms with Crippen molar-refractivity contribution < 1.29 is 14.3 Å². The summed E-state index contributed by atoms with van der Waals surface area (Å²) in [6.45, 7) is 2.10. The van der Waals surface area contributed by atoms with Gasteiger partial charge in [-0.1, -0.05) is 29.8 Å². The maximum atomic E-state index is 12.0. The number of fused-ring (bicyclic) bond motifs is 1. The highest BCUT2D eigenvalue weighted by Gasteiger charge is 2.17. The Morgan fingerprint density at radius 1 is 1.27 bits per heavy atom. The fourth-order valence-corrected chi connectivity index (χ4v) is 2.42. The molecule has 0 aromatic heterocycles. The van der Waals surface area contributed by atoms with Crippen molar-refractivity contribution in [1.29, 1.82) is 0 Å². The summed E-state index contributed by atoms with van der Waals surface area (Å²) in [7, 11) is 0. The predicted molar refractivity (Wildman–Crippen MR) is 86.4 cm³/mol. The molecule has 0 saturated heterocycles. The van der Waals surface area contributed by atoms with E-state index in [1.165, 1.54) is 6.08 Å². The number of nitrogens with one attached hydrogen (secondary N) is 1. The van der Waals surface area contributed by atoms with Crippen LogP contribution in [0.2, 0.25) is 5.02 Å². The molecule has 0 saturated carbocycles. The van der Waals surface area contributed by atoms with E-state index in [0.29, 0.717) is 16.5 Å². The van der Waals surface area contributed by atoms with Crippen LogP contribution in [0.3, 0.4) is 0 Å². The van der Waals surface area contributed by atoms with E-state index in [2.05, 4.69) is 5.32 Å². The summed E-state index contributed by atoms with van der Waals surface area (Å²) in [5, 5.41) is 3.30. The van der Waals surface area contributed by atoms with Crippen molar-refractivity contribution in [2.45, 2.75) is 6.92 Å². The van der Waals surface area contributed by atoms with Crippen LogP contribution in [0, 0.1) is 6.92 Å². The van der Waals surface area contributed by atoms with Crippen molar-refractivity contribution in [2.24, 2.45) is 0 Å². The molecule has 0 atom stereocenters. The fourth-order valence-electron chi connectivity index (χ4n) is 2.14. The molecule has 2 aromatic rings. The van der Waals surface area contributed by atoms with E-state index in [-0.39, 0.29) is 12.7 Å². The molecule has 1 aliphatic heterocycles. The summed E-state index contributed by atoms with van der Waals surface area (Å²) in [5.41, 5.74) is 2.57. The Balaban J connectivity index is 1.73. The molecule has 1 N–H and O–H groups in total. The second kappa shape index (κ2) is 6.12. The molecular formula is C17H14ClNO3. The molecule has 5 heteroatoms. The van der Waals surface area contributed by atoms with Crippen molar-refractivity contribution in [3.63, 3.8) is 0 Å².